The van der Waals surface area contributed by atoms with Gasteiger partial charge in [0.05, 0.1) is 30.3 Å². The van der Waals surface area contributed by atoms with E-state index in [2.05, 4.69) is 21.3 Å². The standard InChI is InChI=1S/C18H14N4O/c1-23-16-7-5-13(6-8-16)18-15(12-21-22-18)10-14(11-19)17-4-2-3-9-20-17/h2-10,12H,1H3,(H,21,22)/b14-10-. The Labute approximate surface area is 133 Å². The van der Waals surface area contributed by atoms with Crippen LogP contribution in [0.2, 0.25) is 0 Å². The summed E-state index contributed by atoms with van der Waals surface area (Å²) in [6.45, 7) is 0. The molecule has 112 valence electrons. The predicted molar refractivity (Wildman–Crippen MR) is 88.3 cm³/mol. The van der Waals surface area contributed by atoms with E-state index in [1.54, 1.807) is 25.6 Å². The molecule has 0 spiro atoms. The number of allylic oxidation sites excluding steroid dienone is 1. The molecule has 3 rings (SSSR count). The smallest absolute Gasteiger partial charge is 0.118 e. The van der Waals surface area contributed by atoms with E-state index in [4.69, 9.17) is 4.74 Å². The average molecular weight is 302 g/mol. The Morgan fingerprint density at radius 2 is 2.04 bits per heavy atom. The van der Waals surface area contributed by atoms with E-state index < -0.39 is 0 Å². The summed E-state index contributed by atoms with van der Waals surface area (Å²) < 4.78 is 5.17. The van der Waals surface area contributed by atoms with Crippen LogP contribution >= 0.6 is 0 Å². The van der Waals surface area contributed by atoms with Gasteiger partial charge in [-0.1, -0.05) is 6.07 Å². The Balaban J connectivity index is 2.00. The molecule has 0 aliphatic rings. The van der Waals surface area contributed by atoms with E-state index in [9.17, 15) is 5.26 Å². The van der Waals surface area contributed by atoms with E-state index in [-0.39, 0.29) is 0 Å². The average Bonchev–Trinajstić information content (AvgIpc) is 3.08. The van der Waals surface area contributed by atoms with Crippen molar-refractivity contribution >= 4 is 11.6 Å². The van der Waals surface area contributed by atoms with Gasteiger partial charge in [0.1, 0.15) is 11.8 Å². The van der Waals surface area contributed by atoms with E-state index in [1.807, 2.05) is 42.5 Å². The number of hydrogen-bond acceptors (Lipinski definition) is 4. The van der Waals surface area contributed by atoms with Crippen molar-refractivity contribution in [2.45, 2.75) is 0 Å². The first kappa shape index (κ1) is 14.5. The van der Waals surface area contributed by atoms with Gasteiger partial charge in [0.15, 0.2) is 0 Å². The van der Waals surface area contributed by atoms with Gasteiger partial charge in [-0.05, 0) is 42.5 Å². The third-order valence-electron chi connectivity index (χ3n) is 3.41. The van der Waals surface area contributed by atoms with Crippen LogP contribution in [0.4, 0.5) is 0 Å². The van der Waals surface area contributed by atoms with Crippen molar-refractivity contribution in [3.8, 4) is 23.1 Å². The lowest BCUT2D eigenvalue weighted by Gasteiger charge is -2.03. The van der Waals surface area contributed by atoms with Gasteiger partial charge < -0.3 is 4.74 Å². The summed E-state index contributed by atoms with van der Waals surface area (Å²) in [4.78, 5) is 4.22. The van der Waals surface area contributed by atoms with Crippen LogP contribution in [-0.4, -0.2) is 22.3 Å². The highest BCUT2D eigenvalue weighted by Crippen LogP contribution is 2.26. The maximum atomic E-state index is 9.40. The Kier molecular flexibility index (Phi) is 4.16. The Morgan fingerprint density at radius 3 is 2.70 bits per heavy atom. The largest absolute Gasteiger partial charge is 0.497 e. The van der Waals surface area contributed by atoms with Crippen LogP contribution in [0.5, 0.6) is 5.75 Å². The van der Waals surface area contributed by atoms with Crippen molar-refractivity contribution < 1.29 is 4.74 Å². The molecule has 0 fully saturated rings. The number of ether oxygens (including phenoxy) is 1. The second-order valence-electron chi connectivity index (χ2n) is 4.81. The third kappa shape index (κ3) is 3.11. The van der Waals surface area contributed by atoms with Gasteiger partial charge in [0, 0.05) is 17.3 Å². The fourth-order valence-electron chi connectivity index (χ4n) is 2.23. The van der Waals surface area contributed by atoms with E-state index in [0.717, 1.165) is 22.6 Å². The molecule has 1 N–H and O–H groups in total. The molecule has 0 amide bonds. The lowest BCUT2D eigenvalue weighted by Crippen LogP contribution is -1.87. The van der Waals surface area contributed by atoms with Crippen LogP contribution in [-0.2, 0) is 0 Å². The van der Waals surface area contributed by atoms with Gasteiger partial charge in [0.25, 0.3) is 0 Å². The highest BCUT2D eigenvalue weighted by Gasteiger charge is 2.09. The highest BCUT2D eigenvalue weighted by molar-refractivity contribution is 5.91. The van der Waals surface area contributed by atoms with Crippen molar-refractivity contribution in [1.82, 2.24) is 15.2 Å². The summed E-state index contributed by atoms with van der Waals surface area (Å²) in [5.41, 5.74) is 3.76. The summed E-state index contributed by atoms with van der Waals surface area (Å²) >= 11 is 0. The molecule has 0 aliphatic carbocycles. The Bertz CT molecular complexity index is 858. The molecule has 5 heteroatoms. The molecule has 23 heavy (non-hydrogen) atoms. The molecule has 0 saturated heterocycles. The SMILES string of the molecule is COc1ccc(-c2[nH]ncc2/C=C(/C#N)c2ccccn2)cc1. The summed E-state index contributed by atoms with van der Waals surface area (Å²) in [6.07, 6.45) is 5.14. The van der Waals surface area contributed by atoms with Crippen LogP contribution in [0.25, 0.3) is 22.9 Å². The number of benzene rings is 1. The molecule has 0 bridgehead atoms. The summed E-state index contributed by atoms with van der Waals surface area (Å²) in [5, 5.41) is 16.5. The molecule has 0 unspecified atom stereocenters. The lowest BCUT2D eigenvalue weighted by atomic mass is 10.0. The predicted octanol–water partition coefficient (Wildman–Crippen LogP) is 3.54. The molecule has 0 radical (unpaired) electrons. The number of rotatable bonds is 4. The van der Waals surface area contributed by atoms with Crippen molar-refractivity contribution in [1.29, 1.82) is 5.26 Å². The minimum absolute atomic E-state index is 0.488. The quantitative estimate of drug-likeness (QED) is 0.748. The number of aromatic nitrogens is 3. The first-order valence-corrected chi connectivity index (χ1v) is 7.03. The third-order valence-corrected chi connectivity index (χ3v) is 3.41. The number of nitrogens with zero attached hydrogens (tertiary/aromatic N) is 3. The van der Waals surface area contributed by atoms with E-state index in [0.29, 0.717) is 11.3 Å². The van der Waals surface area contributed by atoms with Gasteiger partial charge >= 0.3 is 0 Å². The minimum Gasteiger partial charge on any atom is -0.497 e. The van der Waals surface area contributed by atoms with Crippen molar-refractivity contribution in [3.05, 3.63) is 66.1 Å². The van der Waals surface area contributed by atoms with Gasteiger partial charge in [-0.3, -0.25) is 10.1 Å². The molecule has 0 aliphatic heterocycles. The summed E-state index contributed by atoms with van der Waals surface area (Å²) in [5.74, 6) is 0.788. The van der Waals surface area contributed by atoms with Crippen molar-refractivity contribution in [2.75, 3.05) is 7.11 Å². The fourth-order valence-corrected chi connectivity index (χ4v) is 2.23. The Hall–Kier alpha value is -3.39. The van der Waals surface area contributed by atoms with Gasteiger partial charge in [-0.25, -0.2) is 0 Å². The molecule has 2 heterocycles. The normalized spacial score (nSPS) is 11.0. The molecular weight excluding hydrogens is 288 g/mol. The van der Waals surface area contributed by atoms with E-state index >= 15 is 0 Å². The molecule has 0 saturated carbocycles. The van der Waals surface area contributed by atoms with E-state index in [1.165, 1.54) is 0 Å². The van der Waals surface area contributed by atoms with Gasteiger partial charge in [-0.2, -0.15) is 10.4 Å². The lowest BCUT2D eigenvalue weighted by molar-refractivity contribution is 0.415. The molecular formula is C18H14N4O. The first-order chi connectivity index (χ1) is 11.3. The maximum Gasteiger partial charge on any atom is 0.118 e. The zero-order chi connectivity index (χ0) is 16.1. The van der Waals surface area contributed by atoms with Crippen LogP contribution in [0.1, 0.15) is 11.3 Å². The number of nitrogens with one attached hydrogen (secondary N) is 1. The maximum absolute atomic E-state index is 9.40. The topological polar surface area (TPSA) is 74.6 Å². The Morgan fingerprint density at radius 1 is 1.22 bits per heavy atom. The first-order valence-electron chi connectivity index (χ1n) is 7.03. The number of methoxy groups -OCH3 is 1. The van der Waals surface area contributed by atoms with Crippen molar-refractivity contribution in [2.24, 2.45) is 0 Å². The second-order valence-corrected chi connectivity index (χ2v) is 4.81. The van der Waals surface area contributed by atoms with Crippen molar-refractivity contribution in [3.63, 3.8) is 0 Å². The minimum atomic E-state index is 0.488. The zero-order valence-electron chi connectivity index (χ0n) is 12.5. The van der Waals surface area contributed by atoms with Crippen LogP contribution < -0.4 is 4.74 Å². The van der Waals surface area contributed by atoms with Gasteiger partial charge in [-0.15, -0.1) is 0 Å². The molecule has 3 aromatic rings. The fraction of sp³-hybridized carbons (Fsp3) is 0.0556. The zero-order valence-corrected chi connectivity index (χ0v) is 12.5. The highest BCUT2D eigenvalue weighted by atomic mass is 16.5. The van der Waals surface area contributed by atoms with Crippen LogP contribution in [0.3, 0.4) is 0 Å². The molecule has 2 aromatic heterocycles. The molecule has 0 atom stereocenters. The number of pyridine rings is 1. The van der Waals surface area contributed by atoms with Crippen LogP contribution in [0, 0.1) is 11.3 Å². The number of H-pyrrole nitrogens is 1. The summed E-state index contributed by atoms with van der Waals surface area (Å²) in [6, 6.07) is 15.3. The second kappa shape index (κ2) is 6.58. The number of aromatic amines is 1. The number of hydrogen-bond donors (Lipinski definition) is 1. The number of nitriles is 1. The summed E-state index contributed by atoms with van der Waals surface area (Å²) in [7, 11) is 1.63. The molecule has 5 nitrogen and oxygen atoms in total. The van der Waals surface area contributed by atoms with Gasteiger partial charge in [0.2, 0.25) is 0 Å². The monoisotopic (exact) mass is 302 g/mol. The van der Waals surface area contributed by atoms with Crippen LogP contribution in [0.15, 0.2) is 54.9 Å². The molecule has 1 aromatic carbocycles.